The Morgan fingerprint density at radius 2 is 1.61 bits per heavy atom. The van der Waals surface area contributed by atoms with Crippen molar-refractivity contribution in [2.45, 2.75) is 16.3 Å². The molecule has 1 N–H and O–H groups in total. The zero-order valence-corrected chi connectivity index (χ0v) is 17.8. The molecule has 28 heavy (non-hydrogen) atoms. The maximum atomic E-state index is 12.6. The standard InChI is InChI=1S/C17H18Cl2N2O5S2/c18-14-3-6-16(19)17(11-14)27(22,23)20-12-13-1-4-15(5-2-13)28(24,25)21-7-9-26-10-8-21/h1-6,11,20H,7-10,12H2. The summed E-state index contributed by atoms with van der Waals surface area (Å²) in [4.78, 5) is 0.0343. The average molecular weight is 465 g/mol. The lowest BCUT2D eigenvalue weighted by Crippen LogP contribution is -2.40. The van der Waals surface area contributed by atoms with Crippen LogP contribution in [0.2, 0.25) is 10.0 Å². The van der Waals surface area contributed by atoms with Crippen molar-refractivity contribution in [2.24, 2.45) is 0 Å². The Labute approximate surface area is 174 Å². The van der Waals surface area contributed by atoms with Crippen molar-refractivity contribution in [3.63, 3.8) is 0 Å². The van der Waals surface area contributed by atoms with Gasteiger partial charge in [-0.05, 0) is 35.9 Å². The lowest BCUT2D eigenvalue weighted by atomic mass is 10.2. The van der Waals surface area contributed by atoms with Crippen LogP contribution in [0.25, 0.3) is 0 Å². The molecule has 0 saturated carbocycles. The van der Waals surface area contributed by atoms with E-state index in [1.165, 1.54) is 34.6 Å². The third-order valence-corrected chi connectivity index (χ3v) is 8.21. The molecule has 11 heteroatoms. The van der Waals surface area contributed by atoms with E-state index < -0.39 is 20.0 Å². The monoisotopic (exact) mass is 464 g/mol. The van der Waals surface area contributed by atoms with Gasteiger partial charge >= 0.3 is 0 Å². The van der Waals surface area contributed by atoms with Gasteiger partial charge in [0, 0.05) is 24.7 Å². The molecule has 1 heterocycles. The summed E-state index contributed by atoms with van der Waals surface area (Å²) in [6.45, 7) is 1.33. The molecule has 1 aliphatic rings. The number of hydrogen-bond donors (Lipinski definition) is 1. The number of rotatable bonds is 6. The van der Waals surface area contributed by atoms with E-state index in [1.54, 1.807) is 12.1 Å². The molecular formula is C17H18Cl2N2O5S2. The molecule has 2 aromatic carbocycles. The van der Waals surface area contributed by atoms with Crippen molar-refractivity contribution in [3.8, 4) is 0 Å². The molecule has 152 valence electrons. The molecule has 3 rings (SSSR count). The van der Waals surface area contributed by atoms with Crippen LogP contribution in [0, 0.1) is 0 Å². The van der Waals surface area contributed by atoms with Crippen molar-refractivity contribution in [2.75, 3.05) is 26.3 Å². The molecule has 0 aromatic heterocycles. The van der Waals surface area contributed by atoms with Crippen LogP contribution < -0.4 is 4.72 Å². The molecule has 2 aromatic rings. The van der Waals surface area contributed by atoms with Gasteiger partial charge in [0.1, 0.15) is 4.90 Å². The highest BCUT2D eigenvalue weighted by atomic mass is 35.5. The van der Waals surface area contributed by atoms with E-state index in [-0.39, 0.29) is 26.4 Å². The van der Waals surface area contributed by atoms with E-state index in [0.717, 1.165) is 0 Å². The molecule has 0 unspecified atom stereocenters. The second-order valence-electron chi connectivity index (χ2n) is 6.06. The van der Waals surface area contributed by atoms with Crippen molar-refractivity contribution in [1.82, 2.24) is 9.03 Å². The molecule has 0 bridgehead atoms. The molecule has 1 aliphatic heterocycles. The summed E-state index contributed by atoms with van der Waals surface area (Å²) < 4.78 is 59.1. The van der Waals surface area contributed by atoms with Crippen LogP contribution in [-0.4, -0.2) is 47.4 Å². The summed E-state index contributed by atoms with van der Waals surface area (Å²) in [6, 6.07) is 10.2. The van der Waals surface area contributed by atoms with Gasteiger partial charge < -0.3 is 4.74 Å². The van der Waals surface area contributed by atoms with Crippen LogP contribution in [-0.2, 0) is 31.3 Å². The predicted molar refractivity (Wildman–Crippen MR) is 107 cm³/mol. The third kappa shape index (κ3) is 4.85. The summed E-state index contributed by atoms with van der Waals surface area (Å²) in [5.74, 6) is 0. The molecular weight excluding hydrogens is 447 g/mol. The fourth-order valence-electron chi connectivity index (χ4n) is 2.65. The molecule has 0 radical (unpaired) electrons. The molecule has 0 aliphatic carbocycles. The topological polar surface area (TPSA) is 92.8 Å². The minimum Gasteiger partial charge on any atom is -0.379 e. The molecule has 0 spiro atoms. The fraction of sp³-hybridized carbons (Fsp3) is 0.294. The largest absolute Gasteiger partial charge is 0.379 e. The summed E-state index contributed by atoms with van der Waals surface area (Å²) >= 11 is 11.8. The minimum absolute atomic E-state index is 0.0247. The highest BCUT2D eigenvalue weighted by Gasteiger charge is 2.26. The van der Waals surface area contributed by atoms with Crippen molar-refractivity contribution in [1.29, 1.82) is 0 Å². The number of halogens is 2. The van der Waals surface area contributed by atoms with Gasteiger partial charge in [-0.25, -0.2) is 21.6 Å². The predicted octanol–water partition coefficient (Wildman–Crippen LogP) is 2.49. The number of nitrogens with zero attached hydrogens (tertiary/aromatic N) is 1. The number of sulfonamides is 2. The third-order valence-electron chi connectivity index (χ3n) is 4.18. The normalized spacial score (nSPS) is 16.2. The van der Waals surface area contributed by atoms with E-state index in [4.69, 9.17) is 27.9 Å². The quantitative estimate of drug-likeness (QED) is 0.708. The Bertz CT molecular complexity index is 1050. The van der Waals surface area contributed by atoms with Crippen LogP contribution >= 0.6 is 23.2 Å². The first-order valence-electron chi connectivity index (χ1n) is 8.32. The van der Waals surface area contributed by atoms with E-state index in [0.29, 0.717) is 31.9 Å². The average Bonchev–Trinajstić information content (AvgIpc) is 2.69. The Balaban J connectivity index is 1.71. The number of benzene rings is 2. The SMILES string of the molecule is O=S(=O)(NCc1ccc(S(=O)(=O)N2CCOCC2)cc1)c1cc(Cl)ccc1Cl. The van der Waals surface area contributed by atoms with E-state index in [1.807, 2.05) is 0 Å². The first-order valence-corrected chi connectivity index (χ1v) is 12.0. The van der Waals surface area contributed by atoms with Crippen molar-refractivity contribution >= 4 is 43.2 Å². The lowest BCUT2D eigenvalue weighted by molar-refractivity contribution is 0.0730. The van der Waals surface area contributed by atoms with Crippen LogP contribution in [0.4, 0.5) is 0 Å². The summed E-state index contributed by atoms with van der Waals surface area (Å²) in [5.41, 5.74) is 0.600. The van der Waals surface area contributed by atoms with Gasteiger partial charge in [-0.3, -0.25) is 0 Å². The van der Waals surface area contributed by atoms with Crippen molar-refractivity contribution in [3.05, 3.63) is 58.1 Å². The molecule has 1 fully saturated rings. The van der Waals surface area contributed by atoms with E-state index in [9.17, 15) is 16.8 Å². The second-order valence-corrected chi connectivity index (χ2v) is 10.6. The lowest BCUT2D eigenvalue weighted by Gasteiger charge is -2.26. The smallest absolute Gasteiger partial charge is 0.243 e. The maximum Gasteiger partial charge on any atom is 0.243 e. The van der Waals surface area contributed by atoms with Crippen molar-refractivity contribution < 1.29 is 21.6 Å². The first kappa shape index (κ1) is 21.5. The van der Waals surface area contributed by atoms with Crippen LogP contribution in [0.15, 0.2) is 52.3 Å². The maximum absolute atomic E-state index is 12.6. The van der Waals surface area contributed by atoms with Gasteiger partial charge in [0.2, 0.25) is 20.0 Å². The first-order chi connectivity index (χ1) is 13.2. The van der Waals surface area contributed by atoms with E-state index >= 15 is 0 Å². The highest BCUT2D eigenvalue weighted by Crippen LogP contribution is 2.25. The van der Waals surface area contributed by atoms with Gasteiger partial charge in [0.25, 0.3) is 0 Å². The van der Waals surface area contributed by atoms with Gasteiger partial charge in [-0.1, -0.05) is 35.3 Å². The Kier molecular flexibility index (Phi) is 6.65. The Morgan fingerprint density at radius 1 is 0.964 bits per heavy atom. The minimum atomic E-state index is -3.87. The Hall–Kier alpha value is -1.20. The van der Waals surface area contributed by atoms with Gasteiger partial charge in [-0.2, -0.15) is 4.31 Å². The number of ether oxygens (including phenoxy) is 1. The highest BCUT2D eigenvalue weighted by molar-refractivity contribution is 7.89. The van der Waals surface area contributed by atoms with E-state index in [2.05, 4.69) is 4.72 Å². The molecule has 0 atom stereocenters. The van der Waals surface area contributed by atoms with Crippen LogP contribution in [0.1, 0.15) is 5.56 Å². The van der Waals surface area contributed by atoms with Gasteiger partial charge in [0.15, 0.2) is 0 Å². The fourth-order valence-corrected chi connectivity index (χ4v) is 5.84. The summed E-state index contributed by atoms with van der Waals surface area (Å²) in [7, 11) is -7.47. The number of hydrogen-bond acceptors (Lipinski definition) is 5. The second kappa shape index (κ2) is 8.66. The van der Waals surface area contributed by atoms with Crippen LogP contribution in [0.5, 0.6) is 0 Å². The molecule has 1 saturated heterocycles. The zero-order valence-electron chi connectivity index (χ0n) is 14.6. The number of morpholine rings is 1. The summed E-state index contributed by atoms with van der Waals surface area (Å²) in [5, 5.41) is 0.311. The Morgan fingerprint density at radius 3 is 2.25 bits per heavy atom. The molecule has 7 nitrogen and oxygen atoms in total. The van der Waals surface area contributed by atoms with Crippen LogP contribution in [0.3, 0.4) is 0 Å². The van der Waals surface area contributed by atoms with Gasteiger partial charge in [-0.15, -0.1) is 0 Å². The van der Waals surface area contributed by atoms with Gasteiger partial charge in [0.05, 0.1) is 23.1 Å². The zero-order chi connectivity index (χ0) is 20.4. The summed E-state index contributed by atoms with van der Waals surface area (Å²) in [6.07, 6.45) is 0. The molecule has 0 amide bonds. The number of nitrogens with one attached hydrogen (secondary N) is 1.